The first-order valence-corrected chi connectivity index (χ1v) is 5.00. The molecule has 0 amide bonds. The molecule has 0 saturated carbocycles. The van der Waals surface area contributed by atoms with Gasteiger partial charge in [0.25, 0.3) is 0 Å². The summed E-state index contributed by atoms with van der Waals surface area (Å²) in [6.45, 7) is 5.72. The van der Waals surface area contributed by atoms with Crippen LogP contribution >= 0.6 is 0 Å². The van der Waals surface area contributed by atoms with E-state index in [1.807, 2.05) is 39.0 Å². The zero-order chi connectivity index (χ0) is 11.4. The van der Waals surface area contributed by atoms with Gasteiger partial charge in [-0.15, -0.1) is 0 Å². The Morgan fingerprint density at radius 1 is 1.07 bits per heavy atom. The molecule has 2 atom stereocenters. The molecule has 0 N–H and O–H groups in total. The molecule has 0 aliphatic heterocycles. The van der Waals surface area contributed by atoms with E-state index in [1.54, 1.807) is 0 Å². The molecular weight excluding hydrogens is 184 g/mol. The SMILES string of the molecule is Cc1cccc(C(C)C#N)c1C(C)C#N. The summed E-state index contributed by atoms with van der Waals surface area (Å²) in [5.74, 6) is -0.312. The first-order chi connectivity index (χ1) is 7.11. The van der Waals surface area contributed by atoms with Crippen LogP contribution < -0.4 is 0 Å². The van der Waals surface area contributed by atoms with Crippen molar-refractivity contribution in [1.82, 2.24) is 0 Å². The lowest BCUT2D eigenvalue weighted by atomic mass is 9.87. The van der Waals surface area contributed by atoms with E-state index in [1.165, 1.54) is 0 Å². The van der Waals surface area contributed by atoms with Crippen molar-refractivity contribution in [3.8, 4) is 12.1 Å². The summed E-state index contributed by atoms with van der Waals surface area (Å²) < 4.78 is 0. The van der Waals surface area contributed by atoms with Crippen LogP contribution in [0.4, 0.5) is 0 Å². The predicted octanol–water partition coefficient (Wildman–Crippen LogP) is 3.25. The van der Waals surface area contributed by atoms with Crippen LogP contribution in [0.2, 0.25) is 0 Å². The van der Waals surface area contributed by atoms with E-state index >= 15 is 0 Å². The normalized spacial score (nSPS) is 13.7. The molecule has 1 aromatic carbocycles. The minimum Gasteiger partial charge on any atom is -0.198 e. The molecular formula is C13H14N2. The molecule has 2 heteroatoms. The van der Waals surface area contributed by atoms with Crippen LogP contribution in [-0.4, -0.2) is 0 Å². The van der Waals surface area contributed by atoms with Crippen LogP contribution in [0.5, 0.6) is 0 Å². The van der Waals surface area contributed by atoms with Crippen molar-refractivity contribution in [3.05, 3.63) is 34.9 Å². The van der Waals surface area contributed by atoms with Gasteiger partial charge in [-0.2, -0.15) is 10.5 Å². The third-order valence-electron chi connectivity index (χ3n) is 2.64. The van der Waals surface area contributed by atoms with E-state index in [4.69, 9.17) is 10.5 Å². The summed E-state index contributed by atoms with van der Waals surface area (Å²) in [6.07, 6.45) is 0. The molecule has 2 nitrogen and oxygen atoms in total. The maximum absolute atomic E-state index is 8.96. The fraction of sp³-hybridized carbons (Fsp3) is 0.385. The van der Waals surface area contributed by atoms with Crippen molar-refractivity contribution in [3.63, 3.8) is 0 Å². The summed E-state index contributed by atoms with van der Waals surface area (Å²) in [5, 5.41) is 17.9. The van der Waals surface area contributed by atoms with Crippen molar-refractivity contribution in [2.24, 2.45) is 0 Å². The Labute approximate surface area is 90.8 Å². The monoisotopic (exact) mass is 198 g/mol. The quantitative estimate of drug-likeness (QED) is 0.732. The summed E-state index contributed by atoms with van der Waals surface area (Å²) in [4.78, 5) is 0. The Morgan fingerprint density at radius 2 is 1.67 bits per heavy atom. The summed E-state index contributed by atoms with van der Waals surface area (Å²) >= 11 is 0. The second-order valence-corrected chi connectivity index (χ2v) is 3.78. The van der Waals surface area contributed by atoms with Gasteiger partial charge in [-0.05, 0) is 37.5 Å². The average molecular weight is 198 g/mol. The van der Waals surface area contributed by atoms with Crippen molar-refractivity contribution < 1.29 is 0 Å². The number of rotatable bonds is 2. The number of benzene rings is 1. The molecule has 1 aromatic rings. The van der Waals surface area contributed by atoms with E-state index in [0.717, 1.165) is 16.7 Å². The standard InChI is InChI=1S/C13H14N2/c1-9-5-4-6-12(10(2)7-14)13(9)11(3)8-15/h4-6,10-11H,1-3H3. The highest BCUT2D eigenvalue weighted by atomic mass is 14.3. The Balaban J connectivity index is 3.35. The number of hydrogen-bond acceptors (Lipinski definition) is 2. The highest BCUT2D eigenvalue weighted by Crippen LogP contribution is 2.28. The molecule has 15 heavy (non-hydrogen) atoms. The van der Waals surface area contributed by atoms with Gasteiger partial charge in [-0.3, -0.25) is 0 Å². The molecule has 0 aliphatic rings. The van der Waals surface area contributed by atoms with Gasteiger partial charge in [0.2, 0.25) is 0 Å². The van der Waals surface area contributed by atoms with Gasteiger partial charge in [0.1, 0.15) is 0 Å². The fourth-order valence-corrected chi connectivity index (χ4v) is 1.81. The van der Waals surface area contributed by atoms with Gasteiger partial charge in [0, 0.05) is 0 Å². The van der Waals surface area contributed by atoms with Crippen LogP contribution in [0, 0.1) is 29.6 Å². The maximum atomic E-state index is 8.96. The minimum atomic E-state index is -0.157. The molecule has 1 rings (SSSR count). The molecule has 0 fully saturated rings. The molecule has 0 heterocycles. The topological polar surface area (TPSA) is 47.6 Å². The van der Waals surface area contributed by atoms with E-state index < -0.39 is 0 Å². The second-order valence-electron chi connectivity index (χ2n) is 3.78. The number of nitrogens with zero attached hydrogens (tertiary/aromatic N) is 2. The zero-order valence-electron chi connectivity index (χ0n) is 9.28. The van der Waals surface area contributed by atoms with Crippen molar-refractivity contribution >= 4 is 0 Å². The van der Waals surface area contributed by atoms with Crippen LogP contribution in [0.1, 0.15) is 42.4 Å². The van der Waals surface area contributed by atoms with Crippen LogP contribution in [0.25, 0.3) is 0 Å². The van der Waals surface area contributed by atoms with E-state index in [9.17, 15) is 0 Å². The van der Waals surface area contributed by atoms with Gasteiger partial charge in [0.05, 0.1) is 24.0 Å². The summed E-state index contributed by atoms with van der Waals surface area (Å²) in [5.41, 5.74) is 3.07. The van der Waals surface area contributed by atoms with E-state index in [2.05, 4.69) is 12.1 Å². The third-order valence-corrected chi connectivity index (χ3v) is 2.64. The Hall–Kier alpha value is -1.80. The second kappa shape index (κ2) is 4.62. The van der Waals surface area contributed by atoms with E-state index in [-0.39, 0.29) is 11.8 Å². The molecule has 0 aliphatic carbocycles. The largest absolute Gasteiger partial charge is 0.198 e. The lowest BCUT2D eigenvalue weighted by Gasteiger charge is -2.15. The maximum Gasteiger partial charge on any atom is 0.0701 e. The minimum absolute atomic E-state index is 0.156. The molecule has 0 aromatic heterocycles. The third kappa shape index (κ3) is 2.17. The molecule has 0 radical (unpaired) electrons. The van der Waals surface area contributed by atoms with Gasteiger partial charge >= 0.3 is 0 Å². The Kier molecular flexibility index (Phi) is 3.47. The van der Waals surface area contributed by atoms with E-state index in [0.29, 0.717) is 0 Å². The fourth-order valence-electron chi connectivity index (χ4n) is 1.81. The molecule has 2 unspecified atom stereocenters. The highest BCUT2D eigenvalue weighted by Gasteiger charge is 2.16. The summed E-state index contributed by atoms with van der Waals surface area (Å²) in [6, 6.07) is 10.3. The van der Waals surface area contributed by atoms with Crippen LogP contribution in [0.15, 0.2) is 18.2 Å². The molecule has 76 valence electrons. The van der Waals surface area contributed by atoms with Crippen LogP contribution in [-0.2, 0) is 0 Å². The Bertz CT molecular complexity index is 435. The molecule has 0 saturated heterocycles. The van der Waals surface area contributed by atoms with Crippen molar-refractivity contribution in [1.29, 1.82) is 10.5 Å². The number of aryl methyl sites for hydroxylation is 1. The van der Waals surface area contributed by atoms with Crippen molar-refractivity contribution in [2.75, 3.05) is 0 Å². The molecule has 0 spiro atoms. The lowest BCUT2D eigenvalue weighted by molar-refractivity contribution is 0.885. The van der Waals surface area contributed by atoms with Gasteiger partial charge < -0.3 is 0 Å². The zero-order valence-corrected chi connectivity index (χ0v) is 9.28. The molecule has 0 bridgehead atoms. The Morgan fingerprint density at radius 3 is 2.20 bits per heavy atom. The predicted molar refractivity (Wildman–Crippen MR) is 59.2 cm³/mol. The smallest absolute Gasteiger partial charge is 0.0701 e. The van der Waals surface area contributed by atoms with Gasteiger partial charge in [0.15, 0.2) is 0 Å². The first-order valence-electron chi connectivity index (χ1n) is 5.00. The van der Waals surface area contributed by atoms with Crippen molar-refractivity contribution in [2.45, 2.75) is 32.6 Å². The average Bonchev–Trinajstić information content (AvgIpc) is 2.26. The van der Waals surface area contributed by atoms with Gasteiger partial charge in [-0.1, -0.05) is 18.2 Å². The highest BCUT2D eigenvalue weighted by molar-refractivity contribution is 5.43. The number of hydrogen-bond donors (Lipinski definition) is 0. The summed E-state index contributed by atoms with van der Waals surface area (Å²) in [7, 11) is 0. The lowest BCUT2D eigenvalue weighted by Crippen LogP contribution is -2.02. The van der Waals surface area contributed by atoms with Crippen LogP contribution in [0.3, 0.4) is 0 Å². The first kappa shape index (κ1) is 11.3. The van der Waals surface area contributed by atoms with Gasteiger partial charge in [-0.25, -0.2) is 0 Å². The number of nitriles is 2.